The molecule has 2 N–H and O–H groups in total. The van der Waals surface area contributed by atoms with Crippen molar-refractivity contribution in [2.24, 2.45) is 0 Å². The number of nitrogens with one attached hydrogen (secondary N) is 1. The molecule has 1 fully saturated rings. The maximum atomic E-state index is 14.4. The van der Waals surface area contributed by atoms with Gasteiger partial charge in [0, 0.05) is 26.2 Å². The summed E-state index contributed by atoms with van der Waals surface area (Å²) in [4.78, 5) is 57.1. The third-order valence-corrected chi connectivity index (χ3v) is 9.24. The van der Waals surface area contributed by atoms with Crippen molar-refractivity contribution in [3.63, 3.8) is 0 Å². The number of hydrogen-bond acceptors (Lipinski definition) is 11. The minimum atomic E-state index is -4.63. The van der Waals surface area contributed by atoms with E-state index in [2.05, 4.69) is 25.4 Å². The van der Waals surface area contributed by atoms with Gasteiger partial charge in [-0.25, -0.2) is 9.97 Å². The smallest absolute Gasteiger partial charge is 0.416 e. The number of halogens is 4. The summed E-state index contributed by atoms with van der Waals surface area (Å²) < 4.78 is 53.9. The molecule has 2 amide bonds. The number of alkyl halides is 3. The first-order valence-corrected chi connectivity index (χ1v) is 16.9. The number of aromatic hydroxyl groups is 1. The second kappa shape index (κ2) is 13.9. The molecular formula is C34H31ClF3N9O6. The van der Waals surface area contributed by atoms with Crippen molar-refractivity contribution in [1.29, 1.82) is 0 Å². The molecule has 15 nitrogen and oxygen atoms in total. The number of fused-ring (bicyclic) bond motifs is 2. The molecule has 3 aromatic heterocycles. The molecular weight excluding hydrogens is 723 g/mol. The van der Waals surface area contributed by atoms with E-state index >= 15 is 0 Å². The van der Waals surface area contributed by atoms with Gasteiger partial charge in [-0.05, 0) is 43.7 Å². The summed E-state index contributed by atoms with van der Waals surface area (Å²) in [5.74, 6) is -0.444. The highest BCUT2D eigenvalue weighted by Crippen LogP contribution is 2.39. The van der Waals surface area contributed by atoms with Crippen LogP contribution >= 0.6 is 11.6 Å². The molecule has 19 heteroatoms. The zero-order chi connectivity index (χ0) is 37.6. The van der Waals surface area contributed by atoms with E-state index < -0.39 is 35.7 Å². The summed E-state index contributed by atoms with van der Waals surface area (Å²) in [7, 11) is 0. The van der Waals surface area contributed by atoms with Crippen molar-refractivity contribution in [3.8, 4) is 28.6 Å². The molecule has 0 bridgehead atoms. The van der Waals surface area contributed by atoms with Crippen LogP contribution in [0.5, 0.6) is 17.2 Å². The minimum absolute atomic E-state index is 0.0250. The number of piperazine rings is 1. The molecule has 276 valence electrons. The average molecular weight is 754 g/mol. The van der Waals surface area contributed by atoms with Crippen molar-refractivity contribution in [2.75, 3.05) is 49.6 Å². The second-order valence-electron chi connectivity index (χ2n) is 12.2. The Morgan fingerprint density at radius 1 is 1.06 bits per heavy atom. The Kier molecular flexibility index (Phi) is 9.31. The number of ether oxygens (including phenoxy) is 2. The maximum absolute atomic E-state index is 14.4. The molecule has 5 heterocycles. The molecule has 2 aliphatic rings. The first-order chi connectivity index (χ1) is 25.3. The first kappa shape index (κ1) is 35.5. The highest BCUT2D eigenvalue weighted by atomic mass is 35.5. The van der Waals surface area contributed by atoms with Gasteiger partial charge < -0.3 is 34.3 Å². The molecule has 0 saturated carbocycles. The lowest BCUT2D eigenvalue weighted by molar-refractivity contribution is -0.137. The summed E-state index contributed by atoms with van der Waals surface area (Å²) in [5.41, 5.74) is -0.309. The molecule has 0 aliphatic carbocycles. The van der Waals surface area contributed by atoms with Gasteiger partial charge in [0.2, 0.25) is 11.7 Å². The molecule has 2 aromatic carbocycles. The third kappa shape index (κ3) is 6.65. The quantitative estimate of drug-likeness (QED) is 0.247. The van der Waals surface area contributed by atoms with E-state index in [9.17, 15) is 32.7 Å². The molecule has 1 saturated heterocycles. The predicted octanol–water partition coefficient (Wildman–Crippen LogP) is 3.97. The molecule has 5 aromatic rings. The van der Waals surface area contributed by atoms with E-state index in [4.69, 9.17) is 21.1 Å². The zero-order valence-electron chi connectivity index (χ0n) is 28.3. The van der Waals surface area contributed by atoms with Crippen LogP contribution in [0.1, 0.15) is 34.4 Å². The van der Waals surface area contributed by atoms with Crippen LogP contribution in [0.15, 0.2) is 47.5 Å². The number of para-hydroxylation sites is 1. The fraction of sp³-hybridized carbons (Fsp3) is 0.324. The summed E-state index contributed by atoms with van der Waals surface area (Å²) in [6, 6.07) is 7.77. The standard InChI is InChI=1S/C34H31ClF3N9O6/c1-3-23-27(44-9-11-45(12-10-44)31(50)26-28(49)18(2)39-17-40-26)32(51)47-33(42-30(43-47)20-5-4-6-24-29(20)53-14-13-52-24)46(23)16-25(48)41-22-8-7-19(15-21(22)35)34(36,37)38/h4-8,15,17,49H,3,9-14,16H2,1-2H3,(H,41,48). The molecule has 0 spiro atoms. The van der Waals surface area contributed by atoms with Crippen LogP contribution < -0.4 is 25.2 Å². The first-order valence-electron chi connectivity index (χ1n) is 16.5. The van der Waals surface area contributed by atoms with E-state index in [0.717, 1.165) is 22.7 Å². The van der Waals surface area contributed by atoms with E-state index in [0.29, 0.717) is 29.4 Å². The molecule has 53 heavy (non-hydrogen) atoms. The summed E-state index contributed by atoms with van der Waals surface area (Å²) in [6.07, 6.45) is -3.18. The van der Waals surface area contributed by atoms with Gasteiger partial charge in [-0.1, -0.05) is 24.6 Å². The second-order valence-corrected chi connectivity index (χ2v) is 12.6. The summed E-state index contributed by atoms with van der Waals surface area (Å²) >= 11 is 6.14. The van der Waals surface area contributed by atoms with Crippen molar-refractivity contribution in [3.05, 3.63) is 80.7 Å². The number of carbonyl (C=O) groups is 2. The maximum Gasteiger partial charge on any atom is 0.416 e. The molecule has 0 unspecified atom stereocenters. The van der Waals surface area contributed by atoms with Crippen molar-refractivity contribution >= 4 is 40.6 Å². The number of benzene rings is 2. The predicted molar refractivity (Wildman–Crippen MR) is 185 cm³/mol. The number of aryl methyl sites for hydroxylation is 1. The van der Waals surface area contributed by atoms with Gasteiger partial charge in [-0.15, -0.1) is 5.10 Å². The van der Waals surface area contributed by atoms with E-state index in [1.807, 2.05) is 0 Å². The normalized spacial score (nSPS) is 14.5. The third-order valence-electron chi connectivity index (χ3n) is 8.93. The molecule has 0 radical (unpaired) electrons. The van der Waals surface area contributed by atoms with Gasteiger partial charge in [0.05, 0.1) is 33.2 Å². The van der Waals surface area contributed by atoms with Crippen LogP contribution in [0.2, 0.25) is 5.02 Å². The van der Waals surface area contributed by atoms with Crippen LogP contribution in [0, 0.1) is 6.92 Å². The number of hydrogen-bond donors (Lipinski definition) is 2. The number of amides is 2. The number of rotatable bonds is 7. The lowest BCUT2D eigenvalue weighted by atomic mass is 10.1. The number of carbonyl (C=O) groups excluding carboxylic acids is 2. The van der Waals surface area contributed by atoms with E-state index in [1.54, 1.807) is 36.9 Å². The van der Waals surface area contributed by atoms with Gasteiger partial charge in [0.25, 0.3) is 11.5 Å². The van der Waals surface area contributed by atoms with Gasteiger partial charge in [0.1, 0.15) is 31.8 Å². The molecule has 0 atom stereocenters. The highest BCUT2D eigenvalue weighted by Gasteiger charge is 2.33. The lowest BCUT2D eigenvalue weighted by Gasteiger charge is -2.36. The average Bonchev–Trinajstić information content (AvgIpc) is 3.60. The highest BCUT2D eigenvalue weighted by molar-refractivity contribution is 6.33. The van der Waals surface area contributed by atoms with Gasteiger partial charge in [0.15, 0.2) is 28.8 Å². The Hall–Kier alpha value is -5.91. The van der Waals surface area contributed by atoms with E-state index in [-0.39, 0.29) is 84.3 Å². The number of anilines is 2. The topological polar surface area (TPSA) is 169 Å². The minimum Gasteiger partial charge on any atom is -0.504 e. The van der Waals surface area contributed by atoms with Crippen LogP contribution in [0.25, 0.3) is 17.2 Å². The Labute approximate surface area is 303 Å². The monoisotopic (exact) mass is 753 g/mol. The van der Waals surface area contributed by atoms with Gasteiger partial charge in [-0.2, -0.15) is 22.7 Å². The number of nitrogens with zero attached hydrogens (tertiary/aromatic N) is 8. The van der Waals surface area contributed by atoms with Crippen molar-refractivity contribution < 1.29 is 37.3 Å². The zero-order valence-corrected chi connectivity index (χ0v) is 29.0. The van der Waals surface area contributed by atoms with Crippen LogP contribution in [-0.4, -0.2) is 90.3 Å². The van der Waals surface area contributed by atoms with Gasteiger partial charge >= 0.3 is 6.18 Å². The van der Waals surface area contributed by atoms with E-state index in [1.165, 1.54) is 15.8 Å². The Morgan fingerprint density at radius 3 is 2.53 bits per heavy atom. The van der Waals surface area contributed by atoms with Crippen LogP contribution in [0.3, 0.4) is 0 Å². The molecule has 7 rings (SSSR count). The molecule has 2 aliphatic heterocycles. The largest absolute Gasteiger partial charge is 0.504 e. The van der Waals surface area contributed by atoms with Crippen molar-refractivity contribution in [1.82, 2.24) is 34.0 Å². The fourth-order valence-electron chi connectivity index (χ4n) is 6.33. The van der Waals surface area contributed by atoms with Crippen LogP contribution in [-0.2, 0) is 23.9 Å². The van der Waals surface area contributed by atoms with Crippen LogP contribution in [0.4, 0.5) is 24.5 Å². The SMILES string of the molecule is CCc1c(N2CCN(C(=O)c3ncnc(C)c3O)CC2)c(=O)n2nc(-c3cccc4c3OCCO4)nc2n1CC(=O)Nc1ccc(C(F)(F)F)cc1Cl. The number of aromatic nitrogens is 6. The van der Waals surface area contributed by atoms with Gasteiger partial charge in [-0.3, -0.25) is 14.4 Å². The Balaban J connectivity index is 1.27. The fourth-order valence-corrected chi connectivity index (χ4v) is 6.55. The summed E-state index contributed by atoms with van der Waals surface area (Å²) in [6.45, 7) is 4.31. The summed E-state index contributed by atoms with van der Waals surface area (Å²) in [5, 5.41) is 17.2. The van der Waals surface area contributed by atoms with Crippen molar-refractivity contribution in [2.45, 2.75) is 33.0 Å². The Morgan fingerprint density at radius 2 is 1.81 bits per heavy atom. The lowest BCUT2D eigenvalue weighted by Crippen LogP contribution is -2.51. The Bertz CT molecular complexity index is 2320.